The Morgan fingerprint density at radius 1 is 1.03 bits per heavy atom. The van der Waals surface area contributed by atoms with E-state index in [-0.39, 0.29) is 5.57 Å². The maximum atomic E-state index is 14.1. The second kappa shape index (κ2) is 10.9. The lowest BCUT2D eigenvalue weighted by molar-refractivity contribution is -0.117. The van der Waals surface area contributed by atoms with Crippen LogP contribution in [0, 0.1) is 19.8 Å². The van der Waals surface area contributed by atoms with Crippen LogP contribution in [0.25, 0.3) is 10.6 Å². The maximum absolute atomic E-state index is 14.1. The molecular weight excluding hydrogens is 508 g/mol. The van der Waals surface area contributed by atoms with Crippen molar-refractivity contribution in [3.05, 3.63) is 112 Å². The van der Waals surface area contributed by atoms with Gasteiger partial charge in [-0.1, -0.05) is 74.0 Å². The monoisotopic (exact) mass is 538 g/mol. The van der Waals surface area contributed by atoms with Crippen molar-refractivity contribution in [3.8, 4) is 16.3 Å². The molecule has 2 heterocycles. The second-order valence-corrected chi connectivity index (χ2v) is 11.1. The second-order valence-electron chi connectivity index (χ2n) is 10.1. The fourth-order valence-corrected chi connectivity index (χ4v) is 5.62. The first-order valence-electron chi connectivity index (χ1n) is 12.9. The lowest BCUT2D eigenvalue weighted by Crippen LogP contribution is -2.31. The highest BCUT2D eigenvalue weighted by atomic mass is 32.1. The Balaban J connectivity index is 1.61. The predicted octanol–water partition coefficient (Wildman–Crippen LogP) is 7.24. The minimum absolute atomic E-state index is 0.0351. The molecule has 0 spiro atoms. The van der Waals surface area contributed by atoms with Crippen molar-refractivity contribution in [1.29, 1.82) is 0 Å². The van der Waals surface area contributed by atoms with Gasteiger partial charge in [-0.2, -0.15) is 0 Å². The molecule has 0 saturated heterocycles. The van der Waals surface area contributed by atoms with Gasteiger partial charge in [0, 0.05) is 11.3 Å². The van der Waals surface area contributed by atoms with Crippen molar-refractivity contribution in [1.82, 2.24) is 4.98 Å². The number of nitrogens with zero attached hydrogens (tertiary/aromatic N) is 2. The summed E-state index contributed by atoms with van der Waals surface area (Å²) >= 11 is 1.26. The molecule has 0 fully saturated rings. The van der Waals surface area contributed by atoms with E-state index in [1.807, 2.05) is 85.8 Å². The van der Waals surface area contributed by atoms with Gasteiger partial charge in [-0.3, -0.25) is 14.5 Å². The fourth-order valence-electron chi connectivity index (χ4n) is 4.60. The van der Waals surface area contributed by atoms with Crippen LogP contribution in [0.15, 0.2) is 90.2 Å². The minimum atomic E-state index is -0.836. The van der Waals surface area contributed by atoms with Crippen LogP contribution in [-0.4, -0.2) is 28.4 Å². The van der Waals surface area contributed by atoms with E-state index in [0.717, 1.165) is 11.1 Å². The molecule has 5 rings (SSSR count). The number of Topliss-reactive ketones (excluding diaryl/α,β-unsaturated/α-hetero) is 1. The summed E-state index contributed by atoms with van der Waals surface area (Å²) < 4.78 is 5.95. The van der Waals surface area contributed by atoms with Crippen molar-refractivity contribution in [2.45, 2.75) is 33.7 Å². The SMILES string of the molecule is Cc1ccc(N2C(=O)C(O)=C(C(=O)c3sc(-c4ccccc4)nc3C)C2c2cccc(OCC(C)C)c2)cc1. The zero-order valence-corrected chi connectivity index (χ0v) is 23.2. The number of carbonyl (C=O) groups excluding carboxylic acids is 2. The molecule has 1 atom stereocenters. The first-order valence-corrected chi connectivity index (χ1v) is 13.7. The van der Waals surface area contributed by atoms with Crippen molar-refractivity contribution in [2.24, 2.45) is 5.92 Å². The van der Waals surface area contributed by atoms with Crippen LogP contribution in [-0.2, 0) is 4.79 Å². The summed E-state index contributed by atoms with van der Waals surface area (Å²) in [5.74, 6) is -0.610. The Morgan fingerprint density at radius 3 is 2.44 bits per heavy atom. The number of hydrogen-bond donors (Lipinski definition) is 1. The number of aliphatic hydroxyl groups is 1. The van der Waals surface area contributed by atoms with Gasteiger partial charge in [0.15, 0.2) is 5.76 Å². The van der Waals surface area contributed by atoms with E-state index in [2.05, 4.69) is 18.8 Å². The summed E-state index contributed by atoms with van der Waals surface area (Å²) in [4.78, 5) is 34.2. The Hall–Kier alpha value is -4.23. The average Bonchev–Trinajstić information content (AvgIpc) is 3.45. The number of aryl methyl sites for hydroxylation is 2. The minimum Gasteiger partial charge on any atom is -0.503 e. The van der Waals surface area contributed by atoms with E-state index in [1.54, 1.807) is 6.92 Å². The summed E-state index contributed by atoms with van der Waals surface area (Å²) in [6.45, 7) is 8.40. The van der Waals surface area contributed by atoms with Gasteiger partial charge in [0.25, 0.3) is 5.91 Å². The lowest BCUT2D eigenvalue weighted by Gasteiger charge is -2.27. The van der Waals surface area contributed by atoms with E-state index in [1.165, 1.54) is 16.2 Å². The summed E-state index contributed by atoms with van der Waals surface area (Å²) in [7, 11) is 0. The zero-order valence-electron chi connectivity index (χ0n) is 22.3. The molecule has 0 saturated carbocycles. The van der Waals surface area contributed by atoms with Gasteiger partial charge in [0.05, 0.1) is 28.8 Å². The first kappa shape index (κ1) is 26.4. The Bertz CT molecular complexity index is 1550. The Morgan fingerprint density at radius 2 is 1.74 bits per heavy atom. The molecule has 39 heavy (non-hydrogen) atoms. The number of benzene rings is 3. The zero-order chi connectivity index (χ0) is 27.7. The highest BCUT2D eigenvalue weighted by Crippen LogP contribution is 2.44. The van der Waals surface area contributed by atoms with Crippen LogP contribution >= 0.6 is 11.3 Å². The molecule has 198 valence electrons. The number of ketones is 1. The predicted molar refractivity (Wildman–Crippen MR) is 154 cm³/mol. The van der Waals surface area contributed by atoms with Gasteiger partial charge in [-0.15, -0.1) is 11.3 Å². The van der Waals surface area contributed by atoms with Gasteiger partial charge in [0.2, 0.25) is 5.78 Å². The van der Waals surface area contributed by atoms with Crippen LogP contribution in [0.5, 0.6) is 5.75 Å². The molecule has 6 nitrogen and oxygen atoms in total. The third-order valence-corrected chi connectivity index (χ3v) is 7.75. The number of aliphatic hydroxyl groups excluding tert-OH is 1. The smallest absolute Gasteiger partial charge is 0.294 e. The maximum Gasteiger partial charge on any atom is 0.294 e. The summed E-state index contributed by atoms with van der Waals surface area (Å²) in [5, 5.41) is 11.9. The topological polar surface area (TPSA) is 79.7 Å². The van der Waals surface area contributed by atoms with E-state index < -0.39 is 23.5 Å². The Labute approximate surface area is 232 Å². The number of anilines is 1. The molecular formula is C32H30N2O4S. The molecule has 7 heteroatoms. The highest BCUT2D eigenvalue weighted by molar-refractivity contribution is 7.17. The van der Waals surface area contributed by atoms with Crippen molar-refractivity contribution in [2.75, 3.05) is 11.5 Å². The van der Waals surface area contributed by atoms with Crippen LogP contribution in [0.1, 0.15) is 46.4 Å². The van der Waals surface area contributed by atoms with Crippen molar-refractivity contribution in [3.63, 3.8) is 0 Å². The van der Waals surface area contributed by atoms with Gasteiger partial charge >= 0.3 is 0 Å². The number of rotatable bonds is 8. The quantitative estimate of drug-likeness (QED) is 0.239. The number of hydrogen-bond acceptors (Lipinski definition) is 6. The van der Waals surface area contributed by atoms with Crippen LogP contribution in [0.2, 0.25) is 0 Å². The van der Waals surface area contributed by atoms with Gasteiger partial charge in [-0.05, 0) is 49.6 Å². The molecule has 1 aromatic heterocycles. The normalized spacial score (nSPS) is 15.4. The van der Waals surface area contributed by atoms with Crippen LogP contribution < -0.4 is 9.64 Å². The molecule has 4 aromatic rings. The molecule has 1 N–H and O–H groups in total. The first-order chi connectivity index (χ1) is 18.7. The Kier molecular flexibility index (Phi) is 7.35. The van der Waals surface area contributed by atoms with Crippen molar-refractivity contribution >= 4 is 28.7 Å². The van der Waals surface area contributed by atoms with Gasteiger partial charge < -0.3 is 9.84 Å². The average molecular weight is 539 g/mol. The molecule has 0 bridgehead atoms. The van der Waals surface area contributed by atoms with Crippen molar-refractivity contribution < 1.29 is 19.4 Å². The standard InChI is InChI=1S/C32H30N2O4S/c1-19(2)18-38-25-12-8-11-23(17-25)27-26(29(36)32(37)34(27)24-15-13-20(3)14-16-24)28(35)30-21(4)33-31(39-30)22-9-6-5-7-10-22/h5-17,19,27,36H,18H2,1-4H3. The third kappa shape index (κ3) is 5.22. The van der Waals surface area contributed by atoms with E-state index in [9.17, 15) is 14.7 Å². The summed E-state index contributed by atoms with van der Waals surface area (Å²) in [6.07, 6.45) is 0. The molecule has 3 aromatic carbocycles. The highest BCUT2D eigenvalue weighted by Gasteiger charge is 2.45. The lowest BCUT2D eigenvalue weighted by atomic mass is 9.94. The summed E-state index contributed by atoms with van der Waals surface area (Å²) in [5.41, 5.74) is 3.78. The fraction of sp³-hybridized carbons (Fsp3) is 0.219. The summed E-state index contributed by atoms with van der Waals surface area (Å²) in [6, 6.07) is 23.6. The largest absolute Gasteiger partial charge is 0.503 e. The van der Waals surface area contributed by atoms with Crippen LogP contribution in [0.3, 0.4) is 0 Å². The number of carbonyl (C=O) groups is 2. The molecule has 1 aliphatic heterocycles. The molecule has 0 aliphatic carbocycles. The van der Waals surface area contributed by atoms with Crippen LogP contribution in [0.4, 0.5) is 5.69 Å². The molecule has 1 unspecified atom stereocenters. The number of aromatic nitrogens is 1. The van der Waals surface area contributed by atoms with E-state index in [0.29, 0.717) is 45.1 Å². The molecule has 0 radical (unpaired) electrons. The van der Waals surface area contributed by atoms with E-state index in [4.69, 9.17) is 4.74 Å². The van der Waals surface area contributed by atoms with Gasteiger partial charge in [-0.25, -0.2) is 4.98 Å². The molecule has 1 aliphatic rings. The molecule has 1 amide bonds. The third-order valence-electron chi connectivity index (χ3n) is 6.55. The van der Waals surface area contributed by atoms with Gasteiger partial charge in [0.1, 0.15) is 10.8 Å². The number of thiazole rings is 1. The number of ether oxygens (including phenoxy) is 1. The van der Waals surface area contributed by atoms with E-state index >= 15 is 0 Å². The number of amides is 1.